The standard InChI is InChI=1S/C16H21ClN4OS/c1-19(2)16(22)20(3)11-6-5-9-21(10-11)15-18-14-12(17)7-4-8-13(14)23-15/h4,7-8,11H,5-6,9-10H2,1-3H3. The number of fused-ring (bicyclic) bond motifs is 1. The minimum absolute atomic E-state index is 0.0456. The van der Waals surface area contributed by atoms with E-state index in [-0.39, 0.29) is 12.1 Å². The van der Waals surface area contributed by atoms with E-state index >= 15 is 0 Å². The van der Waals surface area contributed by atoms with Crippen molar-refractivity contribution in [2.45, 2.75) is 18.9 Å². The summed E-state index contributed by atoms with van der Waals surface area (Å²) >= 11 is 7.89. The molecular formula is C16H21ClN4OS. The Bertz CT molecular complexity index is 717. The number of aromatic nitrogens is 1. The molecule has 0 N–H and O–H groups in total. The molecule has 1 fully saturated rings. The van der Waals surface area contributed by atoms with Gasteiger partial charge in [-0.05, 0) is 25.0 Å². The molecule has 2 aromatic rings. The lowest BCUT2D eigenvalue weighted by molar-refractivity contribution is 0.157. The Morgan fingerprint density at radius 1 is 1.39 bits per heavy atom. The number of carbonyl (C=O) groups is 1. The lowest BCUT2D eigenvalue weighted by Crippen LogP contribution is -2.51. The summed E-state index contributed by atoms with van der Waals surface area (Å²) in [7, 11) is 5.45. The number of benzene rings is 1. The smallest absolute Gasteiger partial charge is 0.319 e. The molecule has 1 aromatic carbocycles. The predicted molar refractivity (Wildman–Crippen MR) is 96.7 cm³/mol. The maximum absolute atomic E-state index is 12.2. The summed E-state index contributed by atoms with van der Waals surface area (Å²) in [5.41, 5.74) is 0.869. The number of hydrogen-bond acceptors (Lipinski definition) is 4. The van der Waals surface area contributed by atoms with Crippen LogP contribution in [0.4, 0.5) is 9.93 Å². The van der Waals surface area contributed by atoms with Gasteiger partial charge in [-0.25, -0.2) is 9.78 Å². The molecule has 23 heavy (non-hydrogen) atoms. The highest BCUT2D eigenvalue weighted by atomic mass is 35.5. The number of thiazole rings is 1. The third-order valence-corrected chi connectivity index (χ3v) is 5.64. The zero-order chi connectivity index (χ0) is 16.6. The molecule has 2 heterocycles. The molecule has 0 aliphatic carbocycles. The second-order valence-corrected chi connectivity index (χ2v) is 7.53. The molecule has 1 aromatic heterocycles. The molecule has 1 aliphatic heterocycles. The van der Waals surface area contributed by atoms with Crippen LogP contribution >= 0.6 is 22.9 Å². The Labute approximate surface area is 145 Å². The summed E-state index contributed by atoms with van der Waals surface area (Å²) in [6, 6.07) is 6.13. The van der Waals surface area contributed by atoms with Gasteiger partial charge in [-0.15, -0.1) is 0 Å². The maximum Gasteiger partial charge on any atom is 0.319 e. The van der Waals surface area contributed by atoms with Crippen LogP contribution in [0.3, 0.4) is 0 Å². The number of urea groups is 1. The van der Waals surface area contributed by atoms with Gasteiger partial charge in [0.15, 0.2) is 5.13 Å². The fraction of sp³-hybridized carbons (Fsp3) is 0.500. The highest BCUT2D eigenvalue weighted by molar-refractivity contribution is 7.22. The zero-order valence-corrected chi connectivity index (χ0v) is 15.2. The number of para-hydroxylation sites is 1. The van der Waals surface area contributed by atoms with Crippen molar-refractivity contribution in [3.05, 3.63) is 23.2 Å². The molecule has 0 radical (unpaired) electrons. The fourth-order valence-electron chi connectivity index (χ4n) is 2.95. The Morgan fingerprint density at radius 3 is 2.87 bits per heavy atom. The van der Waals surface area contributed by atoms with Crippen molar-refractivity contribution in [1.29, 1.82) is 0 Å². The van der Waals surface area contributed by atoms with Gasteiger partial charge in [0.1, 0.15) is 5.52 Å². The van der Waals surface area contributed by atoms with E-state index in [4.69, 9.17) is 16.6 Å². The van der Waals surface area contributed by atoms with E-state index in [9.17, 15) is 4.79 Å². The molecule has 0 spiro atoms. The van der Waals surface area contributed by atoms with Crippen LogP contribution in [0.15, 0.2) is 18.2 Å². The van der Waals surface area contributed by atoms with Gasteiger partial charge in [-0.2, -0.15) is 0 Å². The molecule has 0 bridgehead atoms. The van der Waals surface area contributed by atoms with Crippen molar-refractivity contribution in [3.8, 4) is 0 Å². The first kappa shape index (κ1) is 16.3. The van der Waals surface area contributed by atoms with Gasteiger partial charge >= 0.3 is 6.03 Å². The fourth-order valence-corrected chi connectivity index (χ4v) is 4.26. The zero-order valence-electron chi connectivity index (χ0n) is 13.6. The van der Waals surface area contributed by atoms with Crippen LogP contribution in [0, 0.1) is 0 Å². The van der Waals surface area contributed by atoms with E-state index in [2.05, 4.69) is 4.90 Å². The van der Waals surface area contributed by atoms with E-state index in [1.807, 2.05) is 30.1 Å². The molecule has 1 aliphatic rings. The van der Waals surface area contributed by atoms with E-state index in [0.29, 0.717) is 5.02 Å². The number of amides is 2. The monoisotopic (exact) mass is 352 g/mol. The van der Waals surface area contributed by atoms with Crippen LogP contribution in [-0.2, 0) is 0 Å². The molecule has 5 nitrogen and oxygen atoms in total. The molecule has 1 unspecified atom stereocenters. The lowest BCUT2D eigenvalue weighted by atomic mass is 10.1. The van der Waals surface area contributed by atoms with Crippen LogP contribution in [0.2, 0.25) is 5.02 Å². The van der Waals surface area contributed by atoms with Gasteiger partial charge in [0.2, 0.25) is 0 Å². The minimum atomic E-state index is 0.0456. The SMILES string of the molecule is CN(C)C(=O)N(C)C1CCCN(c2nc3c(Cl)cccc3s2)C1. The number of rotatable bonds is 2. The third-order valence-electron chi connectivity index (χ3n) is 4.26. The first-order valence-electron chi connectivity index (χ1n) is 7.71. The molecule has 3 rings (SSSR count). The second kappa shape index (κ2) is 6.53. The van der Waals surface area contributed by atoms with E-state index in [0.717, 1.165) is 41.3 Å². The summed E-state index contributed by atoms with van der Waals surface area (Å²) in [6.45, 7) is 1.78. The molecule has 7 heteroatoms. The second-order valence-electron chi connectivity index (χ2n) is 6.11. The number of halogens is 1. The molecule has 1 saturated heterocycles. The number of hydrogen-bond donors (Lipinski definition) is 0. The Kier molecular flexibility index (Phi) is 4.64. The highest BCUT2D eigenvalue weighted by Crippen LogP contribution is 2.34. The van der Waals surface area contributed by atoms with Crippen LogP contribution in [0.25, 0.3) is 10.2 Å². The normalized spacial score (nSPS) is 18.3. The van der Waals surface area contributed by atoms with Gasteiger partial charge < -0.3 is 14.7 Å². The third kappa shape index (κ3) is 3.23. The van der Waals surface area contributed by atoms with Gasteiger partial charge in [-0.1, -0.05) is 29.0 Å². The Hall–Kier alpha value is -1.53. The van der Waals surface area contributed by atoms with Crippen molar-refractivity contribution in [2.75, 3.05) is 39.1 Å². The minimum Gasteiger partial charge on any atom is -0.346 e. The molecular weight excluding hydrogens is 332 g/mol. The first-order valence-corrected chi connectivity index (χ1v) is 8.91. The maximum atomic E-state index is 12.2. The summed E-state index contributed by atoms with van der Waals surface area (Å²) in [4.78, 5) is 22.6. The molecule has 2 amide bonds. The largest absolute Gasteiger partial charge is 0.346 e. The number of piperidine rings is 1. The summed E-state index contributed by atoms with van der Waals surface area (Å²) in [6.07, 6.45) is 2.08. The Morgan fingerprint density at radius 2 is 2.17 bits per heavy atom. The van der Waals surface area contributed by atoms with Crippen molar-refractivity contribution in [1.82, 2.24) is 14.8 Å². The summed E-state index contributed by atoms with van der Waals surface area (Å²) < 4.78 is 1.10. The van der Waals surface area contributed by atoms with Gasteiger partial charge in [0.25, 0.3) is 0 Å². The molecule has 124 valence electrons. The van der Waals surface area contributed by atoms with E-state index < -0.39 is 0 Å². The van der Waals surface area contributed by atoms with Crippen molar-refractivity contribution < 1.29 is 4.79 Å². The number of nitrogens with zero attached hydrogens (tertiary/aromatic N) is 4. The highest BCUT2D eigenvalue weighted by Gasteiger charge is 2.28. The van der Waals surface area contributed by atoms with E-state index in [1.54, 1.807) is 30.3 Å². The molecule has 1 atom stereocenters. The average Bonchev–Trinajstić information content (AvgIpc) is 2.99. The first-order chi connectivity index (χ1) is 11.0. The van der Waals surface area contributed by atoms with Gasteiger partial charge in [0, 0.05) is 34.2 Å². The van der Waals surface area contributed by atoms with Crippen LogP contribution in [0.5, 0.6) is 0 Å². The van der Waals surface area contributed by atoms with E-state index in [1.165, 1.54) is 0 Å². The molecule has 0 saturated carbocycles. The lowest BCUT2D eigenvalue weighted by Gasteiger charge is -2.38. The van der Waals surface area contributed by atoms with Gasteiger partial charge in [0.05, 0.1) is 15.8 Å². The summed E-state index contributed by atoms with van der Waals surface area (Å²) in [5.74, 6) is 0. The predicted octanol–water partition coefficient (Wildman–Crippen LogP) is 3.53. The van der Waals surface area contributed by atoms with Crippen molar-refractivity contribution >= 4 is 44.3 Å². The number of carbonyl (C=O) groups excluding carboxylic acids is 1. The van der Waals surface area contributed by atoms with Crippen molar-refractivity contribution in [2.24, 2.45) is 0 Å². The number of anilines is 1. The topological polar surface area (TPSA) is 39.7 Å². The van der Waals surface area contributed by atoms with Crippen LogP contribution in [0.1, 0.15) is 12.8 Å². The van der Waals surface area contributed by atoms with Gasteiger partial charge in [-0.3, -0.25) is 0 Å². The average molecular weight is 353 g/mol. The quantitative estimate of drug-likeness (QED) is 0.830. The van der Waals surface area contributed by atoms with Crippen LogP contribution in [-0.4, -0.2) is 61.1 Å². The Balaban J connectivity index is 1.80. The number of likely N-dealkylation sites (N-methyl/N-ethyl adjacent to an activating group) is 1. The van der Waals surface area contributed by atoms with Crippen LogP contribution < -0.4 is 4.90 Å². The summed E-state index contributed by atoms with van der Waals surface area (Å²) in [5, 5.41) is 1.68. The van der Waals surface area contributed by atoms with Crippen molar-refractivity contribution in [3.63, 3.8) is 0 Å².